The molecule has 4 rings (SSSR count). The second kappa shape index (κ2) is 7.51. The Morgan fingerprint density at radius 2 is 2.00 bits per heavy atom. The van der Waals surface area contributed by atoms with Gasteiger partial charge in [-0.2, -0.15) is 4.98 Å². The standard InChI is InChI=1S/C22H26N4O4/c1-12-17(19(23)27)18-20(26-22(2)9-10-22)24-16(25-21(18)30-12)8-5-13-11-14(28-3)6-7-15(13)29-4/h6-7,11H,5,8-10H2,1-4H3,(H2,23,27)(H,24,25,26). The van der Waals surface area contributed by atoms with E-state index < -0.39 is 5.91 Å². The van der Waals surface area contributed by atoms with Crippen molar-refractivity contribution >= 4 is 22.8 Å². The van der Waals surface area contributed by atoms with Gasteiger partial charge in [0.2, 0.25) is 5.71 Å². The Balaban J connectivity index is 1.71. The Kier molecular flexibility index (Phi) is 5.01. The van der Waals surface area contributed by atoms with Crippen molar-refractivity contribution in [3.63, 3.8) is 0 Å². The number of primary amides is 1. The number of aryl methyl sites for hydroxylation is 3. The molecule has 0 saturated heterocycles. The molecule has 8 heteroatoms. The lowest BCUT2D eigenvalue weighted by atomic mass is 10.1. The Morgan fingerprint density at radius 3 is 2.63 bits per heavy atom. The number of nitrogens with zero attached hydrogens (tertiary/aromatic N) is 2. The molecule has 1 fully saturated rings. The zero-order chi connectivity index (χ0) is 21.5. The predicted molar refractivity (Wildman–Crippen MR) is 113 cm³/mol. The van der Waals surface area contributed by atoms with Gasteiger partial charge in [-0.15, -0.1) is 0 Å². The number of anilines is 1. The second-order valence-corrected chi connectivity index (χ2v) is 7.93. The van der Waals surface area contributed by atoms with E-state index in [0.29, 0.717) is 46.9 Å². The van der Waals surface area contributed by atoms with Crippen molar-refractivity contribution in [3.8, 4) is 11.5 Å². The summed E-state index contributed by atoms with van der Waals surface area (Å²) in [5.74, 6) is 2.65. The molecule has 8 nitrogen and oxygen atoms in total. The highest BCUT2D eigenvalue weighted by molar-refractivity contribution is 6.09. The molecule has 0 radical (unpaired) electrons. The van der Waals surface area contributed by atoms with E-state index in [2.05, 4.69) is 17.2 Å². The number of aromatic nitrogens is 2. The molecule has 1 aliphatic rings. The Hall–Kier alpha value is -3.29. The highest BCUT2D eigenvalue weighted by atomic mass is 16.5. The molecule has 3 aromatic rings. The number of hydrogen-bond donors (Lipinski definition) is 2. The van der Waals surface area contributed by atoms with E-state index in [9.17, 15) is 4.79 Å². The van der Waals surface area contributed by atoms with Crippen LogP contribution >= 0.6 is 0 Å². The van der Waals surface area contributed by atoms with Gasteiger partial charge in [0.05, 0.1) is 25.2 Å². The Bertz CT molecular complexity index is 1120. The van der Waals surface area contributed by atoms with Gasteiger partial charge in [0.1, 0.15) is 28.9 Å². The lowest BCUT2D eigenvalue weighted by Gasteiger charge is -2.15. The lowest BCUT2D eigenvalue weighted by molar-refractivity contribution is 0.1000. The molecular formula is C22H26N4O4. The molecule has 0 spiro atoms. The van der Waals surface area contributed by atoms with Crippen molar-refractivity contribution in [1.82, 2.24) is 9.97 Å². The van der Waals surface area contributed by atoms with Crippen LogP contribution in [-0.4, -0.2) is 35.6 Å². The van der Waals surface area contributed by atoms with Crippen molar-refractivity contribution < 1.29 is 18.7 Å². The minimum Gasteiger partial charge on any atom is -0.497 e. The van der Waals surface area contributed by atoms with E-state index in [0.717, 1.165) is 29.9 Å². The average Bonchev–Trinajstić information content (AvgIpc) is 3.33. The maximum absolute atomic E-state index is 12.0. The number of fused-ring (bicyclic) bond motifs is 1. The quantitative estimate of drug-likeness (QED) is 0.585. The molecule has 1 aromatic carbocycles. The van der Waals surface area contributed by atoms with Crippen molar-refractivity contribution in [1.29, 1.82) is 0 Å². The van der Waals surface area contributed by atoms with Gasteiger partial charge in [-0.3, -0.25) is 4.79 Å². The highest BCUT2D eigenvalue weighted by Crippen LogP contribution is 2.40. The average molecular weight is 410 g/mol. The Morgan fingerprint density at radius 1 is 1.23 bits per heavy atom. The fourth-order valence-corrected chi connectivity index (χ4v) is 3.58. The second-order valence-electron chi connectivity index (χ2n) is 7.93. The summed E-state index contributed by atoms with van der Waals surface area (Å²) in [6.07, 6.45) is 3.30. The normalized spacial score (nSPS) is 14.5. The summed E-state index contributed by atoms with van der Waals surface area (Å²) >= 11 is 0. The third-order valence-electron chi connectivity index (χ3n) is 5.55. The molecule has 0 aliphatic heterocycles. The maximum atomic E-state index is 12.0. The molecule has 0 unspecified atom stereocenters. The van der Waals surface area contributed by atoms with Crippen LogP contribution in [-0.2, 0) is 12.8 Å². The van der Waals surface area contributed by atoms with Gasteiger partial charge < -0.3 is 24.9 Å². The zero-order valence-corrected chi connectivity index (χ0v) is 17.7. The summed E-state index contributed by atoms with van der Waals surface area (Å²) in [4.78, 5) is 21.3. The number of ether oxygens (including phenoxy) is 2. The summed E-state index contributed by atoms with van der Waals surface area (Å²) in [6, 6.07) is 5.69. The maximum Gasteiger partial charge on any atom is 0.253 e. The molecule has 0 bridgehead atoms. The van der Waals surface area contributed by atoms with Crippen LogP contribution in [0.5, 0.6) is 11.5 Å². The fraction of sp³-hybridized carbons (Fsp3) is 0.409. The van der Waals surface area contributed by atoms with Crippen LogP contribution in [0, 0.1) is 6.92 Å². The van der Waals surface area contributed by atoms with Gasteiger partial charge in [0.25, 0.3) is 5.91 Å². The van der Waals surface area contributed by atoms with E-state index >= 15 is 0 Å². The number of nitrogens with one attached hydrogen (secondary N) is 1. The summed E-state index contributed by atoms with van der Waals surface area (Å²) in [6.45, 7) is 3.84. The molecule has 30 heavy (non-hydrogen) atoms. The molecule has 2 heterocycles. The third-order valence-corrected chi connectivity index (χ3v) is 5.55. The number of amides is 1. The van der Waals surface area contributed by atoms with Crippen LogP contribution in [0.15, 0.2) is 22.6 Å². The van der Waals surface area contributed by atoms with Crippen LogP contribution in [0.3, 0.4) is 0 Å². The van der Waals surface area contributed by atoms with Crippen LogP contribution in [0.4, 0.5) is 5.82 Å². The predicted octanol–water partition coefficient (Wildman–Crippen LogP) is 3.40. The summed E-state index contributed by atoms with van der Waals surface area (Å²) < 4.78 is 16.6. The smallest absolute Gasteiger partial charge is 0.253 e. The minimum atomic E-state index is -0.548. The number of methoxy groups -OCH3 is 2. The van der Waals surface area contributed by atoms with Crippen LogP contribution in [0.1, 0.15) is 47.3 Å². The number of furan rings is 1. The molecular weight excluding hydrogens is 384 g/mol. The Labute approximate surface area is 174 Å². The SMILES string of the molecule is COc1ccc(OC)c(CCc2nc(NC3(C)CC3)c3c(C(N)=O)c(C)oc3n2)c1. The van der Waals surface area contributed by atoms with E-state index in [4.69, 9.17) is 24.6 Å². The topological polar surface area (TPSA) is 112 Å². The third kappa shape index (κ3) is 3.77. The first-order valence-corrected chi connectivity index (χ1v) is 9.92. The van der Waals surface area contributed by atoms with Gasteiger partial charge in [0.15, 0.2) is 0 Å². The lowest BCUT2D eigenvalue weighted by Crippen LogP contribution is -2.19. The summed E-state index contributed by atoms with van der Waals surface area (Å²) in [5.41, 5.74) is 7.26. The van der Waals surface area contributed by atoms with Gasteiger partial charge in [-0.25, -0.2) is 4.98 Å². The first-order chi connectivity index (χ1) is 14.3. The molecule has 158 valence electrons. The van der Waals surface area contributed by atoms with E-state index in [1.165, 1.54) is 0 Å². The van der Waals surface area contributed by atoms with Crippen molar-refractivity contribution in [2.75, 3.05) is 19.5 Å². The number of rotatable bonds is 8. The number of hydrogen-bond acceptors (Lipinski definition) is 7. The number of benzene rings is 1. The van der Waals surface area contributed by atoms with Crippen molar-refractivity contribution in [3.05, 3.63) is 40.9 Å². The van der Waals surface area contributed by atoms with Crippen LogP contribution in [0.25, 0.3) is 11.1 Å². The van der Waals surface area contributed by atoms with Gasteiger partial charge in [0, 0.05) is 12.0 Å². The van der Waals surface area contributed by atoms with Gasteiger partial charge >= 0.3 is 0 Å². The number of carbonyl (C=O) groups excluding carboxylic acids is 1. The van der Waals surface area contributed by atoms with Gasteiger partial charge in [-0.1, -0.05) is 0 Å². The largest absolute Gasteiger partial charge is 0.497 e. The number of nitrogens with two attached hydrogens (primary N) is 1. The molecule has 3 N–H and O–H groups in total. The summed E-state index contributed by atoms with van der Waals surface area (Å²) in [5, 5.41) is 4.01. The molecule has 0 atom stereocenters. The first kappa shape index (κ1) is 20.0. The minimum absolute atomic E-state index is 0.0331. The fourth-order valence-electron chi connectivity index (χ4n) is 3.58. The number of carbonyl (C=O) groups is 1. The van der Waals surface area contributed by atoms with E-state index in [1.807, 2.05) is 18.2 Å². The van der Waals surface area contributed by atoms with Gasteiger partial charge in [-0.05, 0) is 56.9 Å². The van der Waals surface area contributed by atoms with Crippen molar-refractivity contribution in [2.24, 2.45) is 5.73 Å². The van der Waals surface area contributed by atoms with Crippen LogP contribution < -0.4 is 20.5 Å². The molecule has 1 amide bonds. The van der Waals surface area contributed by atoms with Crippen LogP contribution in [0.2, 0.25) is 0 Å². The molecule has 1 aliphatic carbocycles. The monoisotopic (exact) mass is 410 g/mol. The van der Waals surface area contributed by atoms with E-state index in [-0.39, 0.29) is 5.54 Å². The molecule has 1 saturated carbocycles. The first-order valence-electron chi connectivity index (χ1n) is 9.92. The molecule has 2 aromatic heterocycles. The highest BCUT2D eigenvalue weighted by Gasteiger charge is 2.38. The van der Waals surface area contributed by atoms with E-state index in [1.54, 1.807) is 21.1 Å². The zero-order valence-electron chi connectivity index (χ0n) is 17.7. The van der Waals surface area contributed by atoms with Crippen molar-refractivity contribution in [2.45, 2.75) is 45.1 Å². The summed E-state index contributed by atoms with van der Waals surface area (Å²) in [7, 11) is 3.28.